The quantitative estimate of drug-likeness (QED) is 0.186. The van der Waals surface area contributed by atoms with Crippen molar-refractivity contribution < 1.29 is 0 Å². The Balaban J connectivity index is 1.14. The molecule has 45 heavy (non-hydrogen) atoms. The van der Waals surface area contributed by atoms with E-state index < -0.39 is 0 Å². The van der Waals surface area contributed by atoms with Gasteiger partial charge in [-0.3, -0.25) is 0 Å². The van der Waals surface area contributed by atoms with Crippen LogP contribution >= 0.6 is 11.8 Å². The summed E-state index contributed by atoms with van der Waals surface area (Å²) in [5.41, 5.74) is 10.2. The van der Waals surface area contributed by atoms with Crippen molar-refractivity contribution in [3.8, 4) is 44.5 Å². The van der Waals surface area contributed by atoms with Crippen LogP contribution in [0.2, 0.25) is 0 Å². The van der Waals surface area contributed by atoms with Crippen molar-refractivity contribution in [2.45, 2.75) is 9.79 Å². The standard InChI is InChI=1S/C44H26S/c1-2-7-27(8-3-1)31-19-23-40-39(26-31)37-14-6-13-36-35(22-24-41(45-40)44(36)37)33-12-5-11-32(25-33)34-20-17-30-16-15-28-9-4-10-29-18-21-38(34)43(30)42(28)29/h1-26H. The van der Waals surface area contributed by atoms with Gasteiger partial charge in [0.05, 0.1) is 0 Å². The van der Waals surface area contributed by atoms with Crippen molar-refractivity contribution in [3.63, 3.8) is 0 Å². The van der Waals surface area contributed by atoms with Crippen molar-refractivity contribution >= 4 is 54.9 Å². The first-order valence-electron chi connectivity index (χ1n) is 15.5. The summed E-state index contributed by atoms with van der Waals surface area (Å²) in [7, 11) is 0. The maximum atomic E-state index is 2.38. The average Bonchev–Trinajstić information content (AvgIpc) is 3.11. The molecule has 0 fully saturated rings. The molecule has 0 aliphatic carbocycles. The smallest absolute Gasteiger partial charge is 0.0207 e. The van der Waals surface area contributed by atoms with Crippen LogP contribution in [0.5, 0.6) is 0 Å². The van der Waals surface area contributed by atoms with Gasteiger partial charge in [-0.2, -0.15) is 0 Å². The van der Waals surface area contributed by atoms with Crippen molar-refractivity contribution in [1.29, 1.82) is 0 Å². The van der Waals surface area contributed by atoms with Crippen LogP contribution in [-0.4, -0.2) is 0 Å². The van der Waals surface area contributed by atoms with E-state index in [1.165, 1.54) is 97.4 Å². The zero-order valence-corrected chi connectivity index (χ0v) is 25.2. The van der Waals surface area contributed by atoms with E-state index in [0.29, 0.717) is 0 Å². The molecule has 0 amide bonds. The van der Waals surface area contributed by atoms with Crippen LogP contribution in [0.15, 0.2) is 168 Å². The Kier molecular flexibility index (Phi) is 5.31. The molecule has 0 spiro atoms. The third-order valence-corrected chi connectivity index (χ3v) is 10.7. The van der Waals surface area contributed by atoms with E-state index in [4.69, 9.17) is 0 Å². The predicted molar refractivity (Wildman–Crippen MR) is 194 cm³/mol. The van der Waals surface area contributed by atoms with Gasteiger partial charge in [0.1, 0.15) is 0 Å². The molecule has 0 bridgehead atoms. The minimum absolute atomic E-state index is 1.25. The van der Waals surface area contributed by atoms with Gasteiger partial charge >= 0.3 is 0 Å². The first kappa shape index (κ1) is 25.0. The van der Waals surface area contributed by atoms with Crippen molar-refractivity contribution in [1.82, 2.24) is 0 Å². The molecular formula is C44H26S. The Morgan fingerprint density at radius 2 is 0.911 bits per heavy atom. The molecule has 1 heterocycles. The second-order valence-electron chi connectivity index (χ2n) is 12.1. The Morgan fingerprint density at radius 3 is 1.73 bits per heavy atom. The predicted octanol–water partition coefficient (Wildman–Crippen LogP) is 12.9. The molecule has 208 valence electrons. The first-order chi connectivity index (χ1) is 22.3. The Hall–Kier alpha value is -5.37. The summed E-state index contributed by atoms with van der Waals surface area (Å²) in [6.07, 6.45) is 0. The number of hydrogen-bond acceptors (Lipinski definition) is 1. The Morgan fingerprint density at radius 1 is 0.289 bits per heavy atom. The zero-order chi connectivity index (χ0) is 29.5. The summed E-state index contributed by atoms with van der Waals surface area (Å²) in [6, 6.07) is 58.5. The molecule has 9 aromatic rings. The maximum absolute atomic E-state index is 2.38. The number of rotatable bonds is 3. The van der Waals surface area contributed by atoms with Crippen molar-refractivity contribution in [2.75, 3.05) is 0 Å². The van der Waals surface area contributed by atoms with Crippen LogP contribution in [0, 0.1) is 0 Å². The average molecular weight is 587 g/mol. The third-order valence-electron chi connectivity index (χ3n) is 9.61. The van der Waals surface area contributed by atoms with Gasteiger partial charge in [0.15, 0.2) is 0 Å². The molecule has 0 radical (unpaired) electrons. The maximum Gasteiger partial charge on any atom is 0.0207 e. The minimum atomic E-state index is 1.25. The van der Waals surface area contributed by atoms with Crippen LogP contribution in [0.1, 0.15) is 0 Å². The van der Waals surface area contributed by atoms with Gasteiger partial charge in [0.2, 0.25) is 0 Å². The molecule has 0 saturated heterocycles. The van der Waals surface area contributed by atoms with Crippen LogP contribution in [0.25, 0.3) is 87.6 Å². The van der Waals surface area contributed by atoms with Gasteiger partial charge in [-0.05, 0) is 106 Å². The molecule has 0 nitrogen and oxygen atoms in total. The van der Waals surface area contributed by atoms with Crippen LogP contribution in [-0.2, 0) is 0 Å². The fraction of sp³-hybridized carbons (Fsp3) is 0. The molecule has 1 aliphatic rings. The highest BCUT2D eigenvalue weighted by atomic mass is 32.2. The minimum Gasteiger partial charge on any atom is -0.0888 e. The lowest BCUT2D eigenvalue weighted by atomic mass is 9.88. The summed E-state index contributed by atoms with van der Waals surface area (Å²) in [5, 5.41) is 10.6. The highest BCUT2D eigenvalue weighted by Crippen LogP contribution is 2.51. The monoisotopic (exact) mass is 586 g/mol. The van der Waals surface area contributed by atoms with Crippen LogP contribution in [0.4, 0.5) is 0 Å². The van der Waals surface area contributed by atoms with E-state index >= 15 is 0 Å². The summed E-state index contributed by atoms with van der Waals surface area (Å²) in [6.45, 7) is 0. The van der Waals surface area contributed by atoms with Crippen molar-refractivity contribution in [2.24, 2.45) is 0 Å². The van der Waals surface area contributed by atoms with E-state index in [1.807, 2.05) is 11.8 Å². The van der Waals surface area contributed by atoms with Crippen LogP contribution in [0.3, 0.4) is 0 Å². The molecule has 1 aliphatic heterocycles. The van der Waals surface area contributed by atoms with Gasteiger partial charge in [0.25, 0.3) is 0 Å². The topological polar surface area (TPSA) is 0 Å². The number of benzene rings is 9. The molecule has 0 aromatic heterocycles. The molecule has 10 rings (SSSR count). The number of fused-ring (bicyclic) bond motifs is 2. The normalized spacial score (nSPS) is 12.4. The Labute approximate surface area is 265 Å². The fourth-order valence-corrected chi connectivity index (χ4v) is 8.64. The molecule has 0 unspecified atom stereocenters. The van der Waals surface area contributed by atoms with E-state index in [2.05, 4.69) is 158 Å². The SMILES string of the molecule is c1ccc(-c2ccc3c(c2)-c2cccc4c(-c5cccc(-c6ccc7ccc8cccc9ccc6c7c89)c5)ccc(c24)S3)cc1. The van der Waals surface area contributed by atoms with E-state index in [1.54, 1.807) is 0 Å². The largest absolute Gasteiger partial charge is 0.0888 e. The summed E-state index contributed by atoms with van der Waals surface area (Å²) in [4.78, 5) is 2.64. The van der Waals surface area contributed by atoms with Gasteiger partial charge in [-0.1, -0.05) is 145 Å². The highest BCUT2D eigenvalue weighted by molar-refractivity contribution is 7.99. The van der Waals surface area contributed by atoms with Gasteiger partial charge in [0, 0.05) is 15.2 Å². The second kappa shape index (κ2) is 9.56. The van der Waals surface area contributed by atoms with Crippen molar-refractivity contribution in [3.05, 3.63) is 158 Å². The molecule has 0 atom stereocenters. The van der Waals surface area contributed by atoms with E-state index in [0.717, 1.165) is 0 Å². The third kappa shape index (κ3) is 3.75. The lowest BCUT2D eigenvalue weighted by molar-refractivity contribution is 1.39. The molecule has 9 aromatic carbocycles. The second-order valence-corrected chi connectivity index (χ2v) is 13.2. The Bertz CT molecular complexity index is 2600. The van der Waals surface area contributed by atoms with E-state index in [-0.39, 0.29) is 0 Å². The van der Waals surface area contributed by atoms with Gasteiger partial charge in [-0.15, -0.1) is 0 Å². The van der Waals surface area contributed by atoms with Gasteiger partial charge in [-0.25, -0.2) is 0 Å². The van der Waals surface area contributed by atoms with E-state index in [9.17, 15) is 0 Å². The molecule has 0 saturated carbocycles. The zero-order valence-electron chi connectivity index (χ0n) is 24.4. The fourth-order valence-electron chi connectivity index (χ4n) is 7.53. The molecule has 1 heteroatoms. The van der Waals surface area contributed by atoms with Crippen LogP contribution < -0.4 is 0 Å². The van der Waals surface area contributed by atoms with Gasteiger partial charge < -0.3 is 0 Å². The number of hydrogen-bond donors (Lipinski definition) is 0. The lowest BCUT2D eigenvalue weighted by Crippen LogP contribution is -1.95. The lowest BCUT2D eigenvalue weighted by Gasteiger charge is -2.22. The molecular weight excluding hydrogens is 561 g/mol. The first-order valence-corrected chi connectivity index (χ1v) is 16.3. The summed E-state index contributed by atoms with van der Waals surface area (Å²) in [5.74, 6) is 0. The highest BCUT2D eigenvalue weighted by Gasteiger charge is 2.22. The summed E-state index contributed by atoms with van der Waals surface area (Å²) < 4.78 is 0. The molecule has 0 N–H and O–H groups in total. The summed E-state index contributed by atoms with van der Waals surface area (Å²) >= 11 is 1.89.